The number of pyridine rings is 1. The molecule has 0 amide bonds. The predicted octanol–water partition coefficient (Wildman–Crippen LogP) is 1.67. The fourth-order valence-corrected chi connectivity index (χ4v) is 1.20. The van der Waals surface area contributed by atoms with Gasteiger partial charge in [0.15, 0.2) is 0 Å². The molecule has 0 aliphatic rings. The monoisotopic (exact) mass is 217 g/mol. The zero-order valence-corrected chi connectivity index (χ0v) is 9.16. The Morgan fingerprint density at radius 2 is 1.86 bits per heavy atom. The van der Waals surface area contributed by atoms with E-state index in [1.54, 1.807) is 19.3 Å². The molecular formula is C9H15NO3S. The van der Waals surface area contributed by atoms with E-state index in [1.165, 1.54) is 5.56 Å². The molecule has 0 atom stereocenters. The molecule has 0 aromatic carbocycles. The zero-order valence-electron chi connectivity index (χ0n) is 8.34. The number of hydrogen-bond donors (Lipinski definition) is 1. The zero-order chi connectivity index (χ0) is 11.0. The van der Waals surface area contributed by atoms with E-state index in [-0.39, 0.29) is 5.75 Å². The van der Waals surface area contributed by atoms with Gasteiger partial charge in [-0.05, 0) is 31.0 Å². The molecule has 4 nitrogen and oxygen atoms in total. The maximum absolute atomic E-state index is 9.79. The molecule has 1 aromatic rings. The first-order valence-electron chi connectivity index (χ1n) is 4.27. The van der Waals surface area contributed by atoms with Crippen LogP contribution in [0.4, 0.5) is 0 Å². The summed E-state index contributed by atoms with van der Waals surface area (Å²) in [4.78, 5) is 3.85. The smallest absolute Gasteiger partial charge is 0.264 e. The van der Waals surface area contributed by atoms with Crippen molar-refractivity contribution < 1.29 is 13.0 Å². The molecule has 0 saturated heterocycles. The topological polar surface area (TPSA) is 67.3 Å². The van der Waals surface area contributed by atoms with Crippen LogP contribution in [0.2, 0.25) is 0 Å². The van der Waals surface area contributed by atoms with E-state index in [1.807, 2.05) is 19.1 Å². The van der Waals surface area contributed by atoms with Crippen LogP contribution in [0, 0.1) is 6.92 Å². The van der Waals surface area contributed by atoms with Gasteiger partial charge in [0, 0.05) is 12.4 Å². The molecular weight excluding hydrogens is 202 g/mol. The third-order valence-corrected chi connectivity index (χ3v) is 2.23. The summed E-state index contributed by atoms with van der Waals surface area (Å²) in [7, 11) is -3.67. The van der Waals surface area contributed by atoms with Crippen molar-refractivity contribution in [1.82, 2.24) is 4.98 Å². The Labute approximate surface area is 84.7 Å². The lowest BCUT2D eigenvalue weighted by Crippen LogP contribution is -2.01. The van der Waals surface area contributed by atoms with Crippen LogP contribution < -0.4 is 0 Å². The van der Waals surface area contributed by atoms with Crippen LogP contribution in [0.25, 0.3) is 0 Å². The SMILES string of the molecule is CCCS(=O)(=O)O.Cc1ccncc1. The molecule has 0 spiro atoms. The number of aryl methyl sites for hydroxylation is 1. The molecule has 80 valence electrons. The Balaban J connectivity index is 0.000000241. The minimum atomic E-state index is -3.67. The predicted molar refractivity (Wildman–Crippen MR) is 55.7 cm³/mol. The summed E-state index contributed by atoms with van der Waals surface area (Å²) in [6.07, 6.45) is 4.05. The number of hydrogen-bond acceptors (Lipinski definition) is 3. The summed E-state index contributed by atoms with van der Waals surface area (Å²) in [5.74, 6) is -0.132. The van der Waals surface area contributed by atoms with Crippen molar-refractivity contribution in [3.05, 3.63) is 30.1 Å². The third kappa shape index (κ3) is 9.15. The van der Waals surface area contributed by atoms with Crippen LogP contribution in [0.1, 0.15) is 18.9 Å². The van der Waals surface area contributed by atoms with Crippen LogP contribution in [0.3, 0.4) is 0 Å². The van der Waals surface area contributed by atoms with Gasteiger partial charge >= 0.3 is 0 Å². The number of nitrogens with zero attached hydrogens (tertiary/aromatic N) is 1. The number of aromatic nitrogens is 1. The lowest BCUT2D eigenvalue weighted by Gasteiger charge is -1.85. The van der Waals surface area contributed by atoms with Crippen LogP contribution in [0.15, 0.2) is 24.5 Å². The summed E-state index contributed by atoms with van der Waals surface area (Å²) in [6, 6.07) is 3.94. The van der Waals surface area contributed by atoms with Crippen molar-refractivity contribution in [3.63, 3.8) is 0 Å². The lowest BCUT2D eigenvalue weighted by atomic mass is 10.3. The van der Waals surface area contributed by atoms with Gasteiger partial charge in [0.05, 0.1) is 5.75 Å². The number of rotatable bonds is 2. The van der Waals surface area contributed by atoms with Crippen LogP contribution in [-0.2, 0) is 10.1 Å². The quantitative estimate of drug-likeness (QED) is 0.765. The third-order valence-electron chi connectivity index (χ3n) is 1.31. The highest BCUT2D eigenvalue weighted by molar-refractivity contribution is 7.85. The maximum Gasteiger partial charge on any atom is 0.264 e. The normalized spacial score (nSPS) is 10.2. The van der Waals surface area contributed by atoms with Crippen molar-refractivity contribution in [1.29, 1.82) is 0 Å². The van der Waals surface area contributed by atoms with Gasteiger partial charge < -0.3 is 0 Å². The van der Waals surface area contributed by atoms with Crippen molar-refractivity contribution >= 4 is 10.1 Å². The molecule has 1 aromatic heterocycles. The fourth-order valence-electron chi connectivity index (χ4n) is 0.684. The average Bonchev–Trinajstić information content (AvgIpc) is 2.04. The molecule has 1 rings (SSSR count). The largest absolute Gasteiger partial charge is 0.286 e. The summed E-state index contributed by atoms with van der Waals surface area (Å²) in [5.41, 5.74) is 1.26. The highest BCUT2D eigenvalue weighted by Gasteiger charge is 1.98. The Morgan fingerprint density at radius 1 is 1.36 bits per heavy atom. The Bertz CT molecular complexity index is 334. The molecule has 0 fully saturated rings. The Kier molecular flexibility index (Phi) is 6.07. The molecule has 0 aliphatic heterocycles. The first-order valence-corrected chi connectivity index (χ1v) is 5.88. The maximum atomic E-state index is 9.79. The minimum Gasteiger partial charge on any atom is -0.286 e. The van der Waals surface area contributed by atoms with Gasteiger partial charge in [0.2, 0.25) is 0 Å². The van der Waals surface area contributed by atoms with Crippen molar-refractivity contribution in [3.8, 4) is 0 Å². The summed E-state index contributed by atoms with van der Waals surface area (Å²) >= 11 is 0. The minimum absolute atomic E-state index is 0.132. The molecule has 1 N–H and O–H groups in total. The summed E-state index contributed by atoms with van der Waals surface area (Å²) < 4.78 is 27.6. The van der Waals surface area contributed by atoms with Gasteiger partial charge in [-0.15, -0.1) is 0 Å². The molecule has 0 unspecified atom stereocenters. The van der Waals surface area contributed by atoms with E-state index >= 15 is 0 Å². The lowest BCUT2D eigenvalue weighted by molar-refractivity contribution is 0.482. The molecule has 14 heavy (non-hydrogen) atoms. The molecule has 1 heterocycles. The second-order valence-electron chi connectivity index (χ2n) is 2.81. The van der Waals surface area contributed by atoms with Gasteiger partial charge in [-0.1, -0.05) is 6.92 Å². The fraction of sp³-hybridized carbons (Fsp3) is 0.444. The highest BCUT2D eigenvalue weighted by Crippen LogP contribution is 1.88. The first kappa shape index (κ1) is 13.1. The van der Waals surface area contributed by atoms with E-state index < -0.39 is 10.1 Å². The average molecular weight is 217 g/mol. The molecule has 0 saturated carbocycles. The summed E-state index contributed by atoms with van der Waals surface area (Å²) in [5, 5.41) is 0. The van der Waals surface area contributed by atoms with E-state index in [9.17, 15) is 8.42 Å². The van der Waals surface area contributed by atoms with Gasteiger partial charge in [-0.2, -0.15) is 8.42 Å². The van der Waals surface area contributed by atoms with E-state index in [4.69, 9.17) is 4.55 Å². The second kappa shape index (κ2) is 6.50. The van der Waals surface area contributed by atoms with Crippen molar-refractivity contribution in [2.45, 2.75) is 20.3 Å². The molecule has 0 aliphatic carbocycles. The Hall–Kier alpha value is -0.940. The van der Waals surface area contributed by atoms with E-state index in [2.05, 4.69) is 4.98 Å². The highest BCUT2D eigenvalue weighted by atomic mass is 32.2. The van der Waals surface area contributed by atoms with Crippen LogP contribution in [-0.4, -0.2) is 23.7 Å². The molecule has 0 radical (unpaired) electrons. The van der Waals surface area contributed by atoms with Crippen molar-refractivity contribution in [2.24, 2.45) is 0 Å². The first-order chi connectivity index (χ1) is 6.45. The van der Waals surface area contributed by atoms with Gasteiger partial charge in [-0.25, -0.2) is 0 Å². The second-order valence-corrected chi connectivity index (χ2v) is 4.38. The summed E-state index contributed by atoms with van der Waals surface area (Å²) in [6.45, 7) is 3.73. The Morgan fingerprint density at radius 3 is 2.00 bits per heavy atom. The van der Waals surface area contributed by atoms with Crippen molar-refractivity contribution in [2.75, 3.05) is 5.75 Å². The van der Waals surface area contributed by atoms with E-state index in [0.29, 0.717) is 6.42 Å². The standard InChI is InChI=1S/C6H7N.C3H8O3S/c1-6-2-4-7-5-3-6;1-2-3-7(4,5)6/h2-5H,1H3;2-3H2,1H3,(H,4,5,6). The van der Waals surface area contributed by atoms with E-state index in [0.717, 1.165) is 0 Å². The van der Waals surface area contributed by atoms with Crippen LogP contribution >= 0.6 is 0 Å². The van der Waals surface area contributed by atoms with Gasteiger partial charge in [0.1, 0.15) is 0 Å². The van der Waals surface area contributed by atoms with Gasteiger partial charge in [0.25, 0.3) is 10.1 Å². The molecule has 5 heteroatoms. The molecule has 0 bridgehead atoms. The van der Waals surface area contributed by atoms with Gasteiger partial charge in [-0.3, -0.25) is 9.54 Å². The van der Waals surface area contributed by atoms with Crippen LogP contribution in [0.5, 0.6) is 0 Å².